The molecule has 20 heavy (non-hydrogen) atoms. The molecule has 100 valence electrons. The van der Waals surface area contributed by atoms with Crippen molar-refractivity contribution in [3.05, 3.63) is 75.8 Å². The number of hydrogen-bond donors (Lipinski definition) is 1. The standard InChI is InChI=1S/C18H16ClN/c19-14-7-5-12(6-8-14)18-17-11-13-3-1-2-4-15(13)16(17)9-10-20-18/h1-8,18,20H,9-11H2. The Morgan fingerprint density at radius 1 is 1.00 bits per heavy atom. The maximum Gasteiger partial charge on any atom is 0.0545 e. The summed E-state index contributed by atoms with van der Waals surface area (Å²) in [5.41, 5.74) is 7.34. The fraction of sp³-hybridized carbons (Fsp3) is 0.222. The third-order valence-electron chi connectivity index (χ3n) is 4.39. The van der Waals surface area contributed by atoms with Crippen LogP contribution in [-0.4, -0.2) is 6.54 Å². The summed E-state index contributed by atoms with van der Waals surface area (Å²) in [6.07, 6.45) is 2.21. The van der Waals surface area contributed by atoms with E-state index in [0.29, 0.717) is 6.04 Å². The summed E-state index contributed by atoms with van der Waals surface area (Å²) in [5.74, 6) is 0. The smallest absolute Gasteiger partial charge is 0.0545 e. The van der Waals surface area contributed by atoms with Crippen LogP contribution < -0.4 is 5.32 Å². The molecule has 2 aromatic rings. The first-order valence-corrected chi connectivity index (χ1v) is 7.50. The van der Waals surface area contributed by atoms with Crippen molar-refractivity contribution in [2.75, 3.05) is 6.54 Å². The van der Waals surface area contributed by atoms with Gasteiger partial charge < -0.3 is 5.32 Å². The first kappa shape index (κ1) is 12.2. The third kappa shape index (κ3) is 1.90. The van der Waals surface area contributed by atoms with Gasteiger partial charge in [0.2, 0.25) is 0 Å². The highest BCUT2D eigenvalue weighted by molar-refractivity contribution is 6.30. The molecule has 0 radical (unpaired) electrons. The summed E-state index contributed by atoms with van der Waals surface area (Å²) in [6, 6.07) is 17.4. The molecule has 0 amide bonds. The Bertz CT molecular complexity index is 685. The topological polar surface area (TPSA) is 12.0 Å². The second-order valence-electron chi connectivity index (χ2n) is 5.53. The van der Waals surface area contributed by atoms with Gasteiger partial charge in [-0.15, -0.1) is 0 Å². The first-order valence-electron chi connectivity index (χ1n) is 7.12. The molecule has 1 aliphatic carbocycles. The molecule has 2 aromatic carbocycles. The van der Waals surface area contributed by atoms with Gasteiger partial charge in [0.15, 0.2) is 0 Å². The van der Waals surface area contributed by atoms with E-state index in [1.807, 2.05) is 12.1 Å². The molecule has 1 unspecified atom stereocenters. The van der Waals surface area contributed by atoms with Crippen molar-refractivity contribution in [2.45, 2.75) is 18.9 Å². The number of nitrogens with one attached hydrogen (secondary N) is 1. The van der Waals surface area contributed by atoms with Crippen molar-refractivity contribution in [3.63, 3.8) is 0 Å². The van der Waals surface area contributed by atoms with Crippen LogP contribution in [0.2, 0.25) is 5.02 Å². The summed E-state index contributed by atoms with van der Waals surface area (Å²) < 4.78 is 0. The molecule has 0 saturated carbocycles. The molecule has 1 aliphatic heterocycles. The maximum absolute atomic E-state index is 6.00. The molecule has 4 rings (SSSR count). The Labute approximate surface area is 124 Å². The van der Waals surface area contributed by atoms with Gasteiger partial charge in [-0.3, -0.25) is 0 Å². The Balaban J connectivity index is 1.77. The second kappa shape index (κ2) is 4.76. The Hall–Kier alpha value is -1.57. The normalized spacial score (nSPS) is 20.8. The van der Waals surface area contributed by atoms with Gasteiger partial charge in [-0.25, -0.2) is 0 Å². The van der Waals surface area contributed by atoms with Gasteiger partial charge in [-0.1, -0.05) is 48.0 Å². The lowest BCUT2D eigenvalue weighted by Gasteiger charge is -2.27. The summed E-state index contributed by atoms with van der Waals surface area (Å²) in [7, 11) is 0. The van der Waals surface area contributed by atoms with Crippen molar-refractivity contribution in [3.8, 4) is 0 Å². The zero-order chi connectivity index (χ0) is 13.5. The highest BCUT2D eigenvalue weighted by atomic mass is 35.5. The Kier molecular flexibility index (Phi) is 2.90. The Morgan fingerprint density at radius 3 is 2.65 bits per heavy atom. The van der Waals surface area contributed by atoms with Crippen molar-refractivity contribution in [1.29, 1.82) is 0 Å². The molecule has 1 atom stereocenters. The fourth-order valence-electron chi connectivity index (χ4n) is 3.46. The number of halogens is 1. The van der Waals surface area contributed by atoms with Crippen molar-refractivity contribution in [1.82, 2.24) is 5.32 Å². The van der Waals surface area contributed by atoms with E-state index in [2.05, 4.69) is 41.7 Å². The minimum absolute atomic E-state index is 0.336. The summed E-state index contributed by atoms with van der Waals surface area (Å²) >= 11 is 6.00. The zero-order valence-electron chi connectivity index (χ0n) is 11.2. The van der Waals surface area contributed by atoms with Crippen LogP contribution in [0.15, 0.2) is 54.1 Å². The quantitative estimate of drug-likeness (QED) is 0.818. The SMILES string of the molecule is Clc1ccc(C2NCCC3=C2Cc2ccccc23)cc1. The van der Waals surface area contributed by atoms with E-state index in [-0.39, 0.29) is 0 Å². The van der Waals surface area contributed by atoms with Crippen molar-refractivity contribution >= 4 is 17.2 Å². The van der Waals surface area contributed by atoms with Gasteiger partial charge in [0.05, 0.1) is 6.04 Å². The van der Waals surface area contributed by atoms with Crippen LogP contribution >= 0.6 is 11.6 Å². The lowest BCUT2D eigenvalue weighted by Crippen LogP contribution is -2.28. The molecule has 0 bridgehead atoms. The lowest BCUT2D eigenvalue weighted by molar-refractivity contribution is 0.576. The van der Waals surface area contributed by atoms with E-state index in [0.717, 1.165) is 24.4 Å². The maximum atomic E-state index is 6.00. The fourth-order valence-corrected chi connectivity index (χ4v) is 3.59. The second-order valence-corrected chi connectivity index (χ2v) is 5.96. The molecule has 0 saturated heterocycles. The summed E-state index contributed by atoms with van der Waals surface area (Å²) in [6.45, 7) is 1.04. The zero-order valence-corrected chi connectivity index (χ0v) is 12.0. The van der Waals surface area contributed by atoms with E-state index < -0.39 is 0 Å². The largest absolute Gasteiger partial charge is 0.306 e. The van der Waals surface area contributed by atoms with Crippen LogP contribution in [0, 0.1) is 0 Å². The van der Waals surface area contributed by atoms with Crippen LogP contribution in [0.5, 0.6) is 0 Å². The van der Waals surface area contributed by atoms with Gasteiger partial charge in [0, 0.05) is 11.6 Å². The highest BCUT2D eigenvalue weighted by Gasteiger charge is 2.30. The van der Waals surface area contributed by atoms with E-state index >= 15 is 0 Å². The van der Waals surface area contributed by atoms with E-state index in [1.54, 1.807) is 11.1 Å². The van der Waals surface area contributed by atoms with Crippen LogP contribution in [0.1, 0.15) is 29.2 Å². The molecule has 2 heteroatoms. The van der Waals surface area contributed by atoms with Crippen LogP contribution in [-0.2, 0) is 6.42 Å². The number of benzene rings is 2. The summed E-state index contributed by atoms with van der Waals surface area (Å²) in [4.78, 5) is 0. The highest BCUT2D eigenvalue weighted by Crippen LogP contribution is 2.42. The first-order chi connectivity index (χ1) is 9.83. The number of hydrogen-bond acceptors (Lipinski definition) is 1. The van der Waals surface area contributed by atoms with Crippen LogP contribution in [0.3, 0.4) is 0 Å². The lowest BCUT2D eigenvalue weighted by atomic mass is 9.90. The average Bonchev–Trinajstić information content (AvgIpc) is 2.87. The van der Waals surface area contributed by atoms with E-state index in [4.69, 9.17) is 11.6 Å². The molecule has 0 spiro atoms. The molecule has 0 fully saturated rings. The molecule has 1 nitrogen and oxygen atoms in total. The number of rotatable bonds is 1. The summed E-state index contributed by atoms with van der Waals surface area (Å²) in [5, 5.41) is 4.46. The van der Waals surface area contributed by atoms with Gasteiger partial charge in [-0.05, 0) is 52.8 Å². The monoisotopic (exact) mass is 281 g/mol. The molecule has 1 heterocycles. The minimum Gasteiger partial charge on any atom is -0.306 e. The molecular formula is C18H16ClN. The van der Waals surface area contributed by atoms with Gasteiger partial charge in [-0.2, -0.15) is 0 Å². The van der Waals surface area contributed by atoms with Crippen LogP contribution in [0.25, 0.3) is 5.57 Å². The van der Waals surface area contributed by atoms with Gasteiger partial charge >= 0.3 is 0 Å². The van der Waals surface area contributed by atoms with Crippen molar-refractivity contribution < 1.29 is 0 Å². The predicted octanol–water partition coefficient (Wildman–Crippen LogP) is 4.38. The van der Waals surface area contributed by atoms with E-state index in [9.17, 15) is 0 Å². The molecule has 1 N–H and O–H groups in total. The Morgan fingerprint density at radius 2 is 1.80 bits per heavy atom. The molecular weight excluding hydrogens is 266 g/mol. The van der Waals surface area contributed by atoms with Gasteiger partial charge in [0.1, 0.15) is 0 Å². The van der Waals surface area contributed by atoms with Crippen LogP contribution in [0.4, 0.5) is 0 Å². The van der Waals surface area contributed by atoms with E-state index in [1.165, 1.54) is 16.7 Å². The average molecular weight is 282 g/mol. The van der Waals surface area contributed by atoms with Crippen molar-refractivity contribution in [2.24, 2.45) is 0 Å². The minimum atomic E-state index is 0.336. The predicted molar refractivity (Wildman–Crippen MR) is 83.9 cm³/mol. The molecule has 0 aromatic heterocycles. The number of fused-ring (bicyclic) bond motifs is 2. The third-order valence-corrected chi connectivity index (χ3v) is 4.64. The molecule has 2 aliphatic rings. The van der Waals surface area contributed by atoms with Gasteiger partial charge in [0.25, 0.3) is 0 Å².